The quantitative estimate of drug-likeness (QED) is 0.760. The van der Waals surface area contributed by atoms with Crippen molar-refractivity contribution in [1.29, 1.82) is 0 Å². The minimum Gasteiger partial charge on any atom is -0.435 e. The van der Waals surface area contributed by atoms with Crippen molar-refractivity contribution in [3.8, 4) is 5.75 Å². The average molecular weight is 357 g/mol. The van der Waals surface area contributed by atoms with Crippen LogP contribution in [0, 0.1) is 6.92 Å². The van der Waals surface area contributed by atoms with E-state index in [1.165, 1.54) is 12.1 Å². The normalized spacial score (nSPS) is 18.9. The molecule has 26 heavy (non-hydrogen) atoms. The third-order valence-corrected chi connectivity index (χ3v) is 4.61. The van der Waals surface area contributed by atoms with Gasteiger partial charge < -0.3 is 14.5 Å². The molecule has 0 saturated heterocycles. The summed E-state index contributed by atoms with van der Waals surface area (Å²) in [6, 6.07) is 10.2. The van der Waals surface area contributed by atoms with Crippen LogP contribution in [-0.2, 0) is 0 Å². The van der Waals surface area contributed by atoms with Gasteiger partial charge in [0, 0.05) is 18.2 Å². The van der Waals surface area contributed by atoms with E-state index in [-0.39, 0.29) is 23.6 Å². The van der Waals surface area contributed by atoms with Crippen molar-refractivity contribution in [2.45, 2.75) is 31.9 Å². The van der Waals surface area contributed by atoms with E-state index < -0.39 is 6.61 Å². The molecule has 5 nitrogen and oxygen atoms in total. The second-order valence-electron chi connectivity index (χ2n) is 6.39. The summed E-state index contributed by atoms with van der Waals surface area (Å²) in [4.78, 5) is 16.7. The van der Waals surface area contributed by atoms with Crippen LogP contribution in [0.3, 0.4) is 0 Å². The van der Waals surface area contributed by atoms with Crippen LogP contribution in [-0.4, -0.2) is 27.9 Å². The van der Waals surface area contributed by atoms with Gasteiger partial charge in [-0.1, -0.05) is 12.1 Å². The Labute approximate surface area is 148 Å². The summed E-state index contributed by atoms with van der Waals surface area (Å²) < 4.78 is 30.6. The number of carbonyl (C=O) groups is 1. The first kappa shape index (κ1) is 16.5. The van der Waals surface area contributed by atoms with Gasteiger partial charge in [0.2, 0.25) is 0 Å². The summed E-state index contributed by atoms with van der Waals surface area (Å²) in [5.74, 6) is 1.02. The van der Waals surface area contributed by atoms with E-state index in [0.717, 1.165) is 23.3 Å². The second kappa shape index (κ2) is 6.40. The van der Waals surface area contributed by atoms with E-state index >= 15 is 0 Å². The molecule has 2 atom stereocenters. The number of benzene rings is 1. The largest absolute Gasteiger partial charge is 0.435 e. The van der Waals surface area contributed by atoms with Gasteiger partial charge in [0.15, 0.2) is 0 Å². The van der Waals surface area contributed by atoms with Gasteiger partial charge in [0.05, 0.1) is 17.3 Å². The van der Waals surface area contributed by atoms with E-state index in [1.807, 2.05) is 17.4 Å². The highest BCUT2D eigenvalue weighted by Crippen LogP contribution is 2.41. The van der Waals surface area contributed by atoms with Crippen LogP contribution >= 0.6 is 0 Å². The summed E-state index contributed by atoms with van der Waals surface area (Å²) in [6.45, 7) is -0.946. The zero-order valence-electron chi connectivity index (χ0n) is 14.0. The number of carbonyl (C=O) groups excluding carboxylic acids is 1. The molecule has 0 aliphatic heterocycles. The van der Waals surface area contributed by atoms with E-state index in [2.05, 4.69) is 15.0 Å². The number of aryl methyl sites for hydroxylation is 1. The Morgan fingerprint density at radius 2 is 2.04 bits per heavy atom. The Kier molecular flexibility index (Phi) is 4.06. The van der Waals surface area contributed by atoms with Gasteiger partial charge in [-0.3, -0.25) is 4.79 Å². The molecule has 2 heterocycles. The third kappa shape index (κ3) is 3.24. The Bertz CT molecular complexity index is 953. The molecule has 0 spiro atoms. The molecule has 0 radical (unpaired) electrons. The zero-order chi connectivity index (χ0) is 18.3. The topological polar surface area (TPSA) is 55.6 Å². The fraction of sp³-hybridized carbons (Fsp3) is 0.263. The highest BCUT2D eigenvalue weighted by atomic mass is 19.3. The molecule has 0 bridgehead atoms. The standard InChI is InChI=1S/C19H17F2N3O2/c1-11-22-9-14-5-2-13(10-24(11)14)18(25)23-17-8-16(17)12-3-6-15(7-4-12)26-19(20)21/h2-7,9-10,16-17,19H,8H2,1H3,(H,23,25)/t16-,17+/m0/s1. The Morgan fingerprint density at radius 3 is 2.77 bits per heavy atom. The molecule has 3 aromatic rings. The van der Waals surface area contributed by atoms with Crippen LogP contribution in [0.5, 0.6) is 5.75 Å². The molecule has 1 aromatic carbocycles. The molecule has 1 aliphatic carbocycles. The number of ether oxygens (including phenoxy) is 1. The average Bonchev–Trinajstić information content (AvgIpc) is 3.29. The first-order chi connectivity index (χ1) is 12.5. The van der Waals surface area contributed by atoms with Gasteiger partial charge >= 0.3 is 6.61 Å². The molecule has 1 fully saturated rings. The number of pyridine rings is 1. The lowest BCUT2D eigenvalue weighted by Crippen LogP contribution is -2.26. The number of imidazole rings is 1. The number of aromatic nitrogens is 2. The van der Waals surface area contributed by atoms with Crippen LogP contribution in [0.1, 0.15) is 34.1 Å². The Hall–Kier alpha value is -2.96. The van der Waals surface area contributed by atoms with Gasteiger partial charge in [0.25, 0.3) is 5.91 Å². The van der Waals surface area contributed by atoms with Gasteiger partial charge in [-0.2, -0.15) is 8.78 Å². The molecular formula is C19H17F2N3O2. The van der Waals surface area contributed by atoms with E-state index in [4.69, 9.17) is 0 Å². The fourth-order valence-electron chi connectivity index (χ4n) is 3.12. The molecule has 2 aromatic heterocycles. The monoisotopic (exact) mass is 357 g/mol. The van der Waals surface area contributed by atoms with Crippen molar-refractivity contribution < 1.29 is 18.3 Å². The number of fused-ring (bicyclic) bond motifs is 1. The molecule has 1 N–H and O–H groups in total. The third-order valence-electron chi connectivity index (χ3n) is 4.61. The Balaban J connectivity index is 1.40. The number of nitrogens with one attached hydrogen (secondary N) is 1. The SMILES string of the molecule is Cc1ncc2ccc(C(=O)N[C@@H]3C[C@H]3c3ccc(OC(F)F)cc3)cn12. The maximum atomic E-state index is 12.5. The number of hydrogen-bond donors (Lipinski definition) is 1. The Morgan fingerprint density at radius 1 is 1.27 bits per heavy atom. The lowest BCUT2D eigenvalue weighted by molar-refractivity contribution is -0.0498. The van der Waals surface area contributed by atoms with Crippen molar-refractivity contribution in [3.63, 3.8) is 0 Å². The van der Waals surface area contributed by atoms with Crippen LogP contribution in [0.4, 0.5) is 8.78 Å². The van der Waals surface area contributed by atoms with Crippen LogP contribution in [0.2, 0.25) is 0 Å². The van der Waals surface area contributed by atoms with Crippen LogP contribution < -0.4 is 10.1 Å². The van der Waals surface area contributed by atoms with Gasteiger partial charge in [0.1, 0.15) is 11.6 Å². The molecule has 7 heteroatoms. The van der Waals surface area contributed by atoms with E-state index in [0.29, 0.717) is 5.56 Å². The van der Waals surface area contributed by atoms with Crippen LogP contribution in [0.25, 0.3) is 5.52 Å². The van der Waals surface area contributed by atoms with E-state index in [1.54, 1.807) is 30.6 Å². The number of hydrogen-bond acceptors (Lipinski definition) is 3. The van der Waals surface area contributed by atoms with Gasteiger partial charge in [-0.25, -0.2) is 4.98 Å². The summed E-state index contributed by atoms with van der Waals surface area (Å²) in [5.41, 5.74) is 2.51. The summed E-state index contributed by atoms with van der Waals surface area (Å²) in [5, 5.41) is 3.02. The van der Waals surface area contributed by atoms with Gasteiger partial charge in [-0.05, 0) is 43.2 Å². The molecule has 1 saturated carbocycles. The van der Waals surface area contributed by atoms with Crippen LogP contribution in [0.15, 0.2) is 48.8 Å². The van der Waals surface area contributed by atoms with Gasteiger partial charge in [-0.15, -0.1) is 0 Å². The molecular weight excluding hydrogens is 340 g/mol. The van der Waals surface area contributed by atoms with Crippen molar-refractivity contribution in [3.05, 3.63) is 65.7 Å². The molecule has 134 valence electrons. The smallest absolute Gasteiger partial charge is 0.387 e. The molecule has 1 aliphatic rings. The zero-order valence-corrected chi connectivity index (χ0v) is 14.0. The number of nitrogens with zero attached hydrogens (tertiary/aromatic N) is 2. The number of halogens is 2. The highest BCUT2D eigenvalue weighted by molar-refractivity contribution is 5.94. The van der Waals surface area contributed by atoms with Crippen molar-refractivity contribution in [2.75, 3.05) is 0 Å². The predicted molar refractivity (Wildman–Crippen MR) is 91.6 cm³/mol. The number of rotatable bonds is 5. The van der Waals surface area contributed by atoms with E-state index in [9.17, 15) is 13.6 Å². The summed E-state index contributed by atoms with van der Waals surface area (Å²) in [7, 11) is 0. The minimum atomic E-state index is -2.83. The highest BCUT2D eigenvalue weighted by Gasteiger charge is 2.39. The van der Waals surface area contributed by atoms with Crippen molar-refractivity contribution in [2.24, 2.45) is 0 Å². The van der Waals surface area contributed by atoms with Crippen molar-refractivity contribution in [1.82, 2.24) is 14.7 Å². The number of amides is 1. The molecule has 4 rings (SSSR count). The van der Waals surface area contributed by atoms with Crippen molar-refractivity contribution >= 4 is 11.4 Å². The molecule has 0 unspecified atom stereocenters. The lowest BCUT2D eigenvalue weighted by atomic mass is 10.1. The minimum absolute atomic E-state index is 0.0453. The molecule has 1 amide bonds. The maximum absolute atomic E-state index is 12.5. The first-order valence-electron chi connectivity index (χ1n) is 8.30. The fourth-order valence-corrected chi connectivity index (χ4v) is 3.12. The predicted octanol–water partition coefficient (Wildman–Crippen LogP) is 3.53. The maximum Gasteiger partial charge on any atom is 0.387 e. The number of alkyl halides is 2. The second-order valence-corrected chi connectivity index (χ2v) is 6.39. The lowest BCUT2D eigenvalue weighted by Gasteiger charge is -2.07. The summed E-state index contributed by atoms with van der Waals surface area (Å²) in [6.07, 6.45) is 4.36. The summed E-state index contributed by atoms with van der Waals surface area (Å²) >= 11 is 0. The first-order valence-corrected chi connectivity index (χ1v) is 8.30.